The molecule has 0 spiro atoms. The van der Waals surface area contributed by atoms with Crippen molar-refractivity contribution in [3.63, 3.8) is 0 Å². The zero-order valence-corrected chi connectivity index (χ0v) is 15.2. The van der Waals surface area contributed by atoms with Gasteiger partial charge in [-0.1, -0.05) is 55.0 Å². The number of para-hydroxylation sites is 1. The van der Waals surface area contributed by atoms with E-state index in [-0.39, 0.29) is 0 Å². The lowest BCUT2D eigenvalue weighted by molar-refractivity contribution is 0.438. The fourth-order valence-electron chi connectivity index (χ4n) is 4.45. The number of benzene rings is 2. The average Bonchev–Trinajstić information content (AvgIpc) is 3.32. The zero-order chi connectivity index (χ0) is 18.1. The van der Waals surface area contributed by atoms with Crippen molar-refractivity contribution in [2.24, 2.45) is 11.8 Å². The molecule has 3 aromatic rings. The molecule has 3 unspecified atom stereocenters. The van der Waals surface area contributed by atoms with E-state index in [1.807, 2.05) is 60.7 Å². The molecule has 2 N–H and O–H groups in total. The highest BCUT2D eigenvalue weighted by atomic mass is 15.2. The minimum Gasteiger partial charge on any atom is -0.351 e. The Kier molecular flexibility index (Phi) is 4.20. The van der Waals surface area contributed by atoms with E-state index in [0.29, 0.717) is 23.8 Å². The minimum absolute atomic E-state index is 0.486. The van der Waals surface area contributed by atoms with Gasteiger partial charge in [-0.05, 0) is 43.2 Å². The molecule has 0 aliphatic heterocycles. The van der Waals surface area contributed by atoms with Gasteiger partial charge in [0, 0.05) is 17.3 Å². The molecule has 0 amide bonds. The van der Waals surface area contributed by atoms with Gasteiger partial charge < -0.3 is 10.6 Å². The van der Waals surface area contributed by atoms with Crippen molar-refractivity contribution in [3.05, 3.63) is 60.7 Å². The molecule has 3 atom stereocenters. The van der Waals surface area contributed by atoms with E-state index in [4.69, 9.17) is 4.98 Å². The average molecular weight is 357 g/mol. The molecular weight excluding hydrogens is 334 g/mol. The first-order valence-electron chi connectivity index (χ1n) is 9.73. The van der Waals surface area contributed by atoms with E-state index in [1.54, 1.807) is 0 Å². The van der Waals surface area contributed by atoms with E-state index in [2.05, 4.69) is 20.6 Å². The van der Waals surface area contributed by atoms with Crippen LogP contribution in [0.4, 0.5) is 17.6 Å². The number of anilines is 3. The van der Waals surface area contributed by atoms with Crippen molar-refractivity contribution in [3.8, 4) is 11.4 Å². The Morgan fingerprint density at radius 3 is 2.19 bits per heavy atom. The maximum atomic E-state index is 4.72. The van der Waals surface area contributed by atoms with Crippen molar-refractivity contribution >= 4 is 17.6 Å². The highest BCUT2D eigenvalue weighted by molar-refractivity contribution is 5.61. The maximum Gasteiger partial charge on any atom is 0.232 e. The molecule has 2 aliphatic carbocycles. The van der Waals surface area contributed by atoms with Crippen LogP contribution in [-0.2, 0) is 0 Å². The largest absolute Gasteiger partial charge is 0.351 e. The van der Waals surface area contributed by atoms with Crippen molar-refractivity contribution in [1.82, 2.24) is 15.0 Å². The summed E-state index contributed by atoms with van der Waals surface area (Å²) in [5.74, 6) is 3.57. The summed E-state index contributed by atoms with van der Waals surface area (Å²) >= 11 is 0. The third-order valence-electron chi connectivity index (χ3n) is 5.75. The van der Waals surface area contributed by atoms with Gasteiger partial charge in [-0.25, -0.2) is 0 Å². The predicted octanol–water partition coefficient (Wildman–Crippen LogP) is 4.88. The van der Waals surface area contributed by atoms with Gasteiger partial charge in [-0.3, -0.25) is 0 Å². The second-order valence-corrected chi connectivity index (χ2v) is 7.59. The lowest BCUT2D eigenvalue weighted by Crippen LogP contribution is -2.27. The molecule has 2 fully saturated rings. The summed E-state index contributed by atoms with van der Waals surface area (Å²) in [6.45, 7) is 0. The number of fused-ring (bicyclic) bond motifs is 2. The molecular formula is C22H23N5. The molecule has 1 heterocycles. The monoisotopic (exact) mass is 357 g/mol. The van der Waals surface area contributed by atoms with Gasteiger partial charge in [-0.2, -0.15) is 15.0 Å². The van der Waals surface area contributed by atoms with E-state index in [0.717, 1.165) is 23.1 Å². The highest BCUT2D eigenvalue weighted by Gasteiger charge is 2.39. The first kappa shape index (κ1) is 16.2. The maximum absolute atomic E-state index is 4.72. The summed E-state index contributed by atoms with van der Waals surface area (Å²) in [5.41, 5.74) is 1.96. The number of nitrogens with zero attached hydrogens (tertiary/aromatic N) is 3. The first-order valence-corrected chi connectivity index (χ1v) is 9.73. The molecule has 2 bridgehead atoms. The number of rotatable bonds is 5. The molecule has 5 nitrogen and oxygen atoms in total. The second-order valence-electron chi connectivity index (χ2n) is 7.59. The van der Waals surface area contributed by atoms with Crippen molar-refractivity contribution < 1.29 is 0 Å². The molecule has 0 radical (unpaired) electrons. The lowest BCUT2D eigenvalue weighted by atomic mass is 9.95. The highest BCUT2D eigenvalue weighted by Crippen LogP contribution is 2.45. The fourth-order valence-corrected chi connectivity index (χ4v) is 4.45. The number of nitrogens with one attached hydrogen (secondary N) is 2. The topological polar surface area (TPSA) is 62.7 Å². The van der Waals surface area contributed by atoms with Crippen molar-refractivity contribution in [1.29, 1.82) is 0 Å². The van der Waals surface area contributed by atoms with Crippen LogP contribution in [-0.4, -0.2) is 21.0 Å². The van der Waals surface area contributed by atoms with Crippen LogP contribution in [0.1, 0.15) is 25.7 Å². The summed E-state index contributed by atoms with van der Waals surface area (Å²) in [4.78, 5) is 14.0. The van der Waals surface area contributed by atoms with Gasteiger partial charge in [-0.15, -0.1) is 0 Å². The van der Waals surface area contributed by atoms with Crippen LogP contribution in [0.2, 0.25) is 0 Å². The number of aromatic nitrogens is 3. The van der Waals surface area contributed by atoms with Gasteiger partial charge >= 0.3 is 0 Å². The van der Waals surface area contributed by atoms with Gasteiger partial charge in [0.1, 0.15) is 0 Å². The van der Waals surface area contributed by atoms with Crippen LogP contribution < -0.4 is 10.6 Å². The summed E-state index contributed by atoms with van der Waals surface area (Å²) in [7, 11) is 0. The van der Waals surface area contributed by atoms with Crippen LogP contribution in [0.5, 0.6) is 0 Å². The molecule has 27 heavy (non-hydrogen) atoms. The summed E-state index contributed by atoms with van der Waals surface area (Å²) in [5, 5.41) is 6.92. The standard InChI is InChI=1S/C22H23N5/c1-3-7-16(8-4-1)20-25-21(23-18-9-5-2-6-10-18)27-22(26-20)24-19-14-15-11-12-17(19)13-15/h1-10,15,17,19H,11-14H2,(H2,23,24,25,26,27). The minimum atomic E-state index is 0.486. The number of hydrogen-bond donors (Lipinski definition) is 2. The van der Waals surface area contributed by atoms with Crippen LogP contribution >= 0.6 is 0 Å². The molecule has 5 rings (SSSR count). The van der Waals surface area contributed by atoms with Crippen LogP contribution in [0.25, 0.3) is 11.4 Å². The smallest absolute Gasteiger partial charge is 0.232 e. The summed E-state index contributed by atoms with van der Waals surface area (Å²) in [6, 6.07) is 20.6. The zero-order valence-electron chi connectivity index (χ0n) is 15.2. The molecule has 136 valence electrons. The normalized spacial score (nSPS) is 23.3. The Labute approximate surface area is 159 Å². The molecule has 2 saturated carbocycles. The first-order chi connectivity index (χ1) is 13.3. The molecule has 2 aromatic carbocycles. The van der Waals surface area contributed by atoms with E-state index >= 15 is 0 Å². The third-order valence-corrected chi connectivity index (χ3v) is 5.75. The number of hydrogen-bond acceptors (Lipinski definition) is 5. The fraction of sp³-hybridized carbons (Fsp3) is 0.318. The molecule has 2 aliphatic rings. The Balaban J connectivity index is 1.46. The third kappa shape index (κ3) is 3.50. The van der Waals surface area contributed by atoms with E-state index < -0.39 is 0 Å². The van der Waals surface area contributed by atoms with Crippen molar-refractivity contribution in [2.45, 2.75) is 31.7 Å². The Bertz CT molecular complexity index is 913. The summed E-state index contributed by atoms with van der Waals surface area (Å²) < 4.78 is 0. The Morgan fingerprint density at radius 1 is 0.741 bits per heavy atom. The predicted molar refractivity (Wildman–Crippen MR) is 108 cm³/mol. The lowest BCUT2D eigenvalue weighted by Gasteiger charge is -2.23. The summed E-state index contributed by atoms with van der Waals surface area (Å²) in [6.07, 6.45) is 5.30. The van der Waals surface area contributed by atoms with Gasteiger partial charge in [0.05, 0.1) is 0 Å². The van der Waals surface area contributed by atoms with Crippen LogP contribution in [0.3, 0.4) is 0 Å². The molecule has 0 saturated heterocycles. The van der Waals surface area contributed by atoms with E-state index in [1.165, 1.54) is 25.7 Å². The Morgan fingerprint density at radius 2 is 1.48 bits per heavy atom. The van der Waals surface area contributed by atoms with Gasteiger partial charge in [0.15, 0.2) is 5.82 Å². The Hall–Kier alpha value is -2.95. The quantitative estimate of drug-likeness (QED) is 0.681. The van der Waals surface area contributed by atoms with Gasteiger partial charge in [0.25, 0.3) is 0 Å². The van der Waals surface area contributed by atoms with Crippen LogP contribution in [0.15, 0.2) is 60.7 Å². The molecule has 1 aromatic heterocycles. The van der Waals surface area contributed by atoms with Crippen molar-refractivity contribution in [2.75, 3.05) is 10.6 Å². The SMILES string of the molecule is c1ccc(Nc2nc(NC3CC4CCC3C4)nc(-c3ccccc3)n2)cc1. The molecule has 5 heteroatoms. The second kappa shape index (κ2) is 6.99. The van der Waals surface area contributed by atoms with Gasteiger partial charge in [0.2, 0.25) is 11.9 Å². The van der Waals surface area contributed by atoms with E-state index in [9.17, 15) is 0 Å². The van der Waals surface area contributed by atoms with Crippen LogP contribution in [0, 0.1) is 11.8 Å².